The van der Waals surface area contributed by atoms with Gasteiger partial charge in [0.15, 0.2) is 0 Å². The zero-order chi connectivity index (χ0) is 19.1. The second-order valence-corrected chi connectivity index (χ2v) is 7.97. The van der Waals surface area contributed by atoms with E-state index in [1.165, 1.54) is 6.07 Å². The van der Waals surface area contributed by atoms with Gasteiger partial charge in [0, 0.05) is 37.7 Å². The smallest absolute Gasteiger partial charge is 0.322 e. The Morgan fingerprint density at radius 3 is 2.67 bits per heavy atom. The molecule has 0 spiro atoms. The number of pyridine rings is 1. The number of likely N-dealkylation sites (tertiary alicyclic amines) is 1. The number of aryl methyl sites for hydroxylation is 1. The Bertz CT molecular complexity index is 874. The van der Waals surface area contributed by atoms with Gasteiger partial charge in [-0.2, -0.15) is 0 Å². The minimum absolute atomic E-state index is 0.0746. The molecular weight excluding hydrogens is 390 g/mol. The lowest BCUT2D eigenvalue weighted by molar-refractivity contribution is 0.208. The number of piperidine rings is 1. The molecule has 2 atom stereocenters. The molecule has 5 nitrogen and oxygen atoms in total. The fourth-order valence-corrected chi connectivity index (χ4v) is 4.62. The van der Waals surface area contributed by atoms with Crippen LogP contribution >= 0.6 is 23.2 Å². The number of nitrogens with zero attached hydrogens (tertiary/aromatic N) is 3. The largest absolute Gasteiger partial charge is 0.367 e. The summed E-state index contributed by atoms with van der Waals surface area (Å²) >= 11 is 12.6. The van der Waals surface area contributed by atoms with Crippen molar-refractivity contribution in [2.45, 2.75) is 19.4 Å². The van der Waals surface area contributed by atoms with E-state index in [1.807, 2.05) is 4.90 Å². The van der Waals surface area contributed by atoms with E-state index in [2.05, 4.69) is 15.2 Å². The number of nitrogens with one attached hydrogen (secondary N) is 1. The normalized spacial score (nSPS) is 21.5. The van der Waals surface area contributed by atoms with E-state index in [0.29, 0.717) is 40.3 Å². The maximum absolute atomic E-state index is 13.4. The number of amides is 2. The fraction of sp³-hybridized carbons (Fsp3) is 0.368. The molecule has 2 unspecified atom stereocenters. The van der Waals surface area contributed by atoms with E-state index in [-0.39, 0.29) is 17.9 Å². The first-order chi connectivity index (χ1) is 12.9. The average Bonchev–Trinajstić information content (AvgIpc) is 2.92. The highest BCUT2D eigenvalue weighted by molar-refractivity contribution is 6.38. The summed E-state index contributed by atoms with van der Waals surface area (Å²) in [5.74, 6) is 0.0662. The van der Waals surface area contributed by atoms with Crippen LogP contribution in [-0.2, 0) is 0 Å². The van der Waals surface area contributed by atoms with Gasteiger partial charge in [-0.25, -0.2) is 9.18 Å². The molecule has 2 saturated heterocycles. The summed E-state index contributed by atoms with van der Waals surface area (Å²) in [4.78, 5) is 20.8. The number of halogens is 3. The second kappa shape index (κ2) is 7.17. The SMILES string of the molecule is Cc1cc(NC(=O)N2CC3CC2CN(c2c(Cl)cncc2Cl)C3)ccc1F. The van der Waals surface area contributed by atoms with Gasteiger partial charge in [0.25, 0.3) is 0 Å². The number of hydrogen-bond acceptors (Lipinski definition) is 3. The molecule has 1 N–H and O–H groups in total. The molecule has 0 radical (unpaired) electrons. The molecule has 4 rings (SSSR count). The minimum Gasteiger partial charge on any atom is -0.367 e. The molecule has 0 aliphatic carbocycles. The Kier molecular flexibility index (Phi) is 4.86. The lowest BCUT2D eigenvalue weighted by Crippen LogP contribution is -2.45. The molecule has 2 aliphatic rings. The van der Waals surface area contributed by atoms with Gasteiger partial charge < -0.3 is 15.1 Å². The number of carbonyl (C=O) groups excluding carboxylic acids is 1. The highest BCUT2D eigenvalue weighted by atomic mass is 35.5. The third-order valence-corrected chi connectivity index (χ3v) is 5.78. The Balaban J connectivity index is 1.49. The summed E-state index contributed by atoms with van der Waals surface area (Å²) < 4.78 is 13.4. The lowest BCUT2D eigenvalue weighted by Gasteiger charge is -2.35. The van der Waals surface area contributed by atoms with Crippen LogP contribution in [-0.4, -0.2) is 41.6 Å². The molecule has 2 amide bonds. The first kappa shape index (κ1) is 18.3. The first-order valence-corrected chi connectivity index (χ1v) is 9.55. The Morgan fingerprint density at radius 1 is 1.22 bits per heavy atom. The monoisotopic (exact) mass is 408 g/mol. The number of urea groups is 1. The van der Waals surface area contributed by atoms with Crippen molar-refractivity contribution >= 4 is 40.6 Å². The average molecular weight is 409 g/mol. The third-order valence-electron chi connectivity index (χ3n) is 5.23. The molecule has 2 aliphatic heterocycles. The Morgan fingerprint density at radius 2 is 1.96 bits per heavy atom. The molecule has 2 bridgehead atoms. The van der Waals surface area contributed by atoms with Crippen LogP contribution in [0.1, 0.15) is 12.0 Å². The van der Waals surface area contributed by atoms with Crippen molar-refractivity contribution in [1.82, 2.24) is 9.88 Å². The van der Waals surface area contributed by atoms with Crippen molar-refractivity contribution in [3.63, 3.8) is 0 Å². The first-order valence-electron chi connectivity index (χ1n) is 8.80. The standard InChI is InChI=1S/C19H19Cl2FN4O/c1-11-4-13(2-3-17(11)22)24-19(27)26-9-12-5-14(26)10-25(8-12)18-15(20)6-23-7-16(18)21/h2-4,6-7,12,14H,5,8-10H2,1H3,(H,24,27). The van der Waals surface area contributed by atoms with Crippen LogP contribution in [0.3, 0.4) is 0 Å². The predicted molar refractivity (Wildman–Crippen MR) is 105 cm³/mol. The Hall–Kier alpha value is -2.05. The Labute approximate surface area is 167 Å². The van der Waals surface area contributed by atoms with Crippen molar-refractivity contribution in [2.24, 2.45) is 5.92 Å². The van der Waals surface area contributed by atoms with E-state index in [1.54, 1.807) is 31.5 Å². The second-order valence-electron chi connectivity index (χ2n) is 7.16. The molecule has 2 aromatic rings. The lowest BCUT2D eigenvalue weighted by atomic mass is 9.99. The van der Waals surface area contributed by atoms with Gasteiger partial charge in [0.1, 0.15) is 5.82 Å². The molecule has 0 saturated carbocycles. The summed E-state index contributed by atoms with van der Waals surface area (Å²) in [5, 5.41) is 3.91. The van der Waals surface area contributed by atoms with Crippen LogP contribution in [0.25, 0.3) is 0 Å². The van der Waals surface area contributed by atoms with Gasteiger partial charge in [0.05, 0.1) is 21.8 Å². The number of hydrogen-bond donors (Lipinski definition) is 1. The maximum Gasteiger partial charge on any atom is 0.322 e. The molecule has 27 heavy (non-hydrogen) atoms. The number of fused-ring (bicyclic) bond motifs is 2. The van der Waals surface area contributed by atoms with Crippen molar-refractivity contribution < 1.29 is 9.18 Å². The third kappa shape index (κ3) is 3.56. The van der Waals surface area contributed by atoms with Gasteiger partial charge >= 0.3 is 6.03 Å². The van der Waals surface area contributed by atoms with E-state index in [9.17, 15) is 9.18 Å². The number of benzene rings is 1. The van der Waals surface area contributed by atoms with Crippen molar-refractivity contribution in [1.29, 1.82) is 0 Å². The molecular formula is C19H19Cl2FN4O. The molecule has 3 heterocycles. The van der Waals surface area contributed by atoms with Crippen LogP contribution < -0.4 is 10.2 Å². The van der Waals surface area contributed by atoms with Crippen molar-refractivity contribution in [3.8, 4) is 0 Å². The van der Waals surface area contributed by atoms with Gasteiger partial charge in [-0.15, -0.1) is 0 Å². The van der Waals surface area contributed by atoms with Crippen LogP contribution in [0, 0.1) is 18.7 Å². The summed E-state index contributed by atoms with van der Waals surface area (Å²) in [6.07, 6.45) is 4.12. The molecule has 2 fully saturated rings. The molecule has 142 valence electrons. The van der Waals surface area contributed by atoms with Gasteiger partial charge in [-0.3, -0.25) is 4.98 Å². The van der Waals surface area contributed by atoms with Crippen molar-refractivity contribution in [2.75, 3.05) is 29.9 Å². The number of rotatable bonds is 2. The number of anilines is 2. The summed E-state index contributed by atoms with van der Waals surface area (Å²) in [6.45, 7) is 3.80. The van der Waals surface area contributed by atoms with E-state index in [4.69, 9.17) is 23.2 Å². The van der Waals surface area contributed by atoms with Crippen LogP contribution in [0.2, 0.25) is 10.0 Å². The van der Waals surface area contributed by atoms with Crippen LogP contribution in [0.4, 0.5) is 20.6 Å². The van der Waals surface area contributed by atoms with Crippen LogP contribution in [0.15, 0.2) is 30.6 Å². The fourth-order valence-electron chi connectivity index (χ4n) is 4.02. The summed E-state index contributed by atoms with van der Waals surface area (Å²) in [5.41, 5.74) is 1.87. The van der Waals surface area contributed by atoms with Crippen LogP contribution in [0.5, 0.6) is 0 Å². The molecule has 8 heteroatoms. The molecule has 1 aromatic carbocycles. The summed E-state index contributed by atoms with van der Waals surface area (Å²) in [6, 6.07) is 4.49. The highest BCUT2D eigenvalue weighted by Gasteiger charge is 2.41. The minimum atomic E-state index is -0.285. The summed E-state index contributed by atoms with van der Waals surface area (Å²) in [7, 11) is 0. The van der Waals surface area contributed by atoms with Gasteiger partial charge in [-0.05, 0) is 43.0 Å². The number of carbonyl (C=O) groups is 1. The zero-order valence-electron chi connectivity index (χ0n) is 14.8. The zero-order valence-corrected chi connectivity index (χ0v) is 16.3. The number of aromatic nitrogens is 1. The maximum atomic E-state index is 13.4. The topological polar surface area (TPSA) is 48.5 Å². The molecule has 1 aromatic heterocycles. The highest BCUT2D eigenvalue weighted by Crippen LogP contribution is 2.38. The van der Waals surface area contributed by atoms with E-state index in [0.717, 1.165) is 18.7 Å². The van der Waals surface area contributed by atoms with E-state index < -0.39 is 0 Å². The van der Waals surface area contributed by atoms with Crippen molar-refractivity contribution in [3.05, 3.63) is 52.0 Å². The quantitative estimate of drug-likeness (QED) is 0.790. The van der Waals surface area contributed by atoms with E-state index >= 15 is 0 Å². The predicted octanol–water partition coefficient (Wildman–Crippen LogP) is 4.58. The van der Waals surface area contributed by atoms with Gasteiger partial charge in [0.2, 0.25) is 0 Å². The van der Waals surface area contributed by atoms with Gasteiger partial charge in [-0.1, -0.05) is 23.2 Å².